The minimum absolute atomic E-state index is 0.223. The highest BCUT2D eigenvalue weighted by Crippen LogP contribution is 2.20. The second kappa shape index (κ2) is 5.91. The van der Waals surface area contributed by atoms with Gasteiger partial charge in [-0.05, 0) is 37.1 Å². The predicted octanol–water partition coefficient (Wildman–Crippen LogP) is 2.48. The number of aryl methyl sites for hydroxylation is 1. The highest BCUT2D eigenvalue weighted by Gasteiger charge is 2.21. The lowest BCUT2D eigenvalue weighted by Crippen LogP contribution is -2.27. The van der Waals surface area contributed by atoms with E-state index in [4.69, 9.17) is 5.41 Å². The van der Waals surface area contributed by atoms with Gasteiger partial charge in [0, 0.05) is 24.9 Å². The Morgan fingerprint density at radius 3 is 2.38 bits per heavy atom. The van der Waals surface area contributed by atoms with Crippen LogP contribution in [0.2, 0.25) is 0 Å². The second-order valence-corrected chi connectivity index (χ2v) is 6.49. The summed E-state index contributed by atoms with van der Waals surface area (Å²) in [4.78, 5) is 4.32. The first-order valence-corrected chi connectivity index (χ1v) is 7.66. The van der Waals surface area contributed by atoms with Crippen molar-refractivity contribution in [1.82, 2.24) is 4.98 Å². The van der Waals surface area contributed by atoms with Gasteiger partial charge in [-0.3, -0.25) is 9.71 Å². The third-order valence-electron chi connectivity index (χ3n) is 3.01. The maximum Gasteiger partial charge on any atom is 0.265 e. The number of benzene rings is 1. The summed E-state index contributed by atoms with van der Waals surface area (Å²) in [6.45, 7) is 1.90. The van der Waals surface area contributed by atoms with Crippen LogP contribution < -0.4 is 4.31 Å². The van der Waals surface area contributed by atoms with Gasteiger partial charge in [-0.25, -0.2) is 13.4 Å². The van der Waals surface area contributed by atoms with Crippen molar-refractivity contribution in [3.63, 3.8) is 0 Å². The van der Waals surface area contributed by atoms with E-state index in [2.05, 4.69) is 10.9 Å². The first-order chi connectivity index (χ1) is 9.95. The van der Waals surface area contributed by atoms with Crippen molar-refractivity contribution in [1.29, 1.82) is 5.41 Å². The van der Waals surface area contributed by atoms with Crippen LogP contribution in [0.5, 0.6) is 0 Å². The summed E-state index contributed by atoms with van der Waals surface area (Å²) in [5, 5.41) is 6.87. The largest absolute Gasteiger partial charge is 0.265 e. The average Bonchev–Trinajstić information content (AvgIpc) is 2.48. The van der Waals surface area contributed by atoms with E-state index in [1.165, 1.54) is 19.3 Å². The number of hydrogen-bond acceptors (Lipinski definition) is 4. The van der Waals surface area contributed by atoms with Gasteiger partial charge in [0.25, 0.3) is 10.0 Å². The fraction of sp³-hybridized carbons (Fsp3) is 0.133. The normalized spacial score (nSPS) is 10.8. The van der Waals surface area contributed by atoms with Crippen LogP contribution in [0, 0.1) is 12.3 Å². The third kappa shape index (κ3) is 3.18. The molecule has 0 saturated heterocycles. The molecule has 6 heteroatoms. The molecular weight excluding hydrogens is 286 g/mol. The van der Waals surface area contributed by atoms with E-state index in [0.29, 0.717) is 11.4 Å². The fourth-order valence-electron chi connectivity index (χ4n) is 1.74. The number of hydrogen-bond donors (Lipinski definition) is 1. The molecular formula is C15H15N3O2S. The molecule has 2 aromatic rings. The predicted molar refractivity (Wildman–Crippen MR) is 83.2 cm³/mol. The van der Waals surface area contributed by atoms with E-state index in [1.807, 2.05) is 6.92 Å². The highest BCUT2D eigenvalue weighted by atomic mass is 32.2. The van der Waals surface area contributed by atoms with Crippen molar-refractivity contribution < 1.29 is 8.42 Å². The molecule has 2 rings (SSSR count). The number of pyridine rings is 1. The van der Waals surface area contributed by atoms with Crippen molar-refractivity contribution in [2.45, 2.75) is 11.8 Å². The Hall–Kier alpha value is -2.43. The van der Waals surface area contributed by atoms with Crippen LogP contribution in [0.3, 0.4) is 0 Å². The first kappa shape index (κ1) is 15.0. The van der Waals surface area contributed by atoms with Crippen LogP contribution in [-0.2, 0) is 10.0 Å². The van der Waals surface area contributed by atoms with Crippen molar-refractivity contribution in [3.8, 4) is 0 Å². The molecule has 1 heterocycles. The van der Waals surface area contributed by atoms with E-state index in [0.717, 1.165) is 9.87 Å². The molecule has 108 valence electrons. The van der Waals surface area contributed by atoms with Crippen LogP contribution in [0.25, 0.3) is 6.08 Å². The molecule has 0 unspecified atom stereocenters. The van der Waals surface area contributed by atoms with E-state index in [-0.39, 0.29) is 4.90 Å². The second-order valence-electron chi connectivity index (χ2n) is 4.52. The minimum atomic E-state index is -3.63. The standard InChI is InChI=1S/C15H15N3O2S/c1-12-3-6-14(7-4-12)21(19,20)18(2)15-8-5-13(9-10-16)11-17-15/h3-9,11,16H,1-2H3. The van der Waals surface area contributed by atoms with Gasteiger partial charge in [0.2, 0.25) is 0 Å². The summed E-state index contributed by atoms with van der Waals surface area (Å²) in [6.07, 6.45) is 2.95. The number of nitrogens with one attached hydrogen (secondary N) is 1. The van der Waals surface area contributed by atoms with Crippen molar-refractivity contribution in [3.05, 3.63) is 53.7 Å². The van der Waals surface area contributed by atoms with E-state index in [9.17, 15) is 8.42 Å². The third-order valence-corrected chi connectivity index (χ3v) is 4.79. The van der Waals surface area contributed by atoms with Gasteiger partial charge in [-0.15, -0.1) is 0 Å². The minimum Gasteiger partial charge on any atom is -0.259 e. The van der Waals surface area contributed by atoms with Crippen LogP contribution in [0.4, 0.5) is 5.82 Å². The number of aromatic nitrogens is 1. The zero-order valence-electron chi connectivity index (χ0n) is 11.7. The maximum absolute atomic E-state index is 12.5. The Morgan fingerprint density at radius 1 is 1.19 bits per heavy atom. The molecule has 0 aliphatic heterocycles. The van der Waals surface area contributed by atoms with Crippen LogP contribution >= 0.6 is 0 Å². The molecule has 0 atom stereocenters. The molecule has 5 nitrogen and oxygen atoms in total. The van der Waals surface area contributed by atoms with Gasteiger partial charge < -0.3 is 0 Å². The summed E-state index contributed by atoms with van der Waals surface area (Å²) in [7, 11) is -2.16. The Morgan fingerprint density at radius 2 is 1.86 bits per heavy atom. The maximum atomic E-state index is 12.5. The quantitative estimate of drug-likeness (QED) is 0.882. The van der Waals surface area contributed by atoms with Gasteiger partial charge in [-0.2, -0.15) is 0 Å². The lowest BCUT2D eigenvalue weighted by Gasteiger charge is -2.18. The summed E-state index contributed by atoms with van der Waals surface area (Å²) >= 11 is 0. The van der Waals surface area contributed by atoms with E-state index < -0.39 is 10.0 Å². The number of nitrogens with zero attached hydrogens (tertiary/aromatic N) is 2. The highest BCUT2D eigenvalue weighted by molar-refractivity contribution is 7.92. The van der Waals surface area contributed by atoms with Crippen molar-refractivity contribution in [2.24, 2.45) is 0 Å². The van der Waals surface area contributed by atoms with Crippen molar-refractivity contribution >= 4 is 27.8 Å². The summed E-state index contributed by atoms with van der Waals surface area (Å²) < 4.78 is 26.1. The zero-order chi connectivity index (χ0) is 15.5. The molecule has 0 aliphatic carbocycles. The van der Waals surface area contributed by atoms with Crippen LogP contribution in [0.15, 0.2) is 47.5 Å². The number of anilines is 1. The zero-order valence-corrected chi connectivity index (χ0v) is 12.6. The fourth-order valence-corrected chi connectivity index (χ4v) is 2.89. The van der Waals surface area contributed by atoms with Gasteiger partial charge >= 0.3 is 0 Å². The monoisotopic (exact) mass is 301 g/mol. The average molecular weight is 301 g/mol. The molecule has 0 aliphatic rings. The summed E-state index contributed by atoms with van der Waals surface area (Å²) in [5.41, 5.74) is 1.69. The topological polar surface area (TPSA) is 74.1 Å². The van der Waals surface area contributed by atoms with Crippen LogP contribution in [-0.4, -0.2) is 26.3 Å². The van der Waals surface area contributed by atoms with Gasteiger partial charge in [0.05, 0.1) is 4.90 Å². The Kier molecular flexibility index (Phi) is 4.21. The van der Waals surface area contributed by atoms with Gasteiger partial charge in [0.15, 0.2) is 0 Å². The molecule has 0 radical (unpaired) electrons. The molecule has 0 bridgehead atoms. The van der Waals surface area contributed by atoms with Gasteiger partial charge in [0.1, 0.15) is 5.82 Å². The Balaban J connectivity index is 2.35. The number of rotatable bonds is 4. The SMILES string of the molecule is Cc1ccc(S(=O)(=O)N(C)c2ccc(C=C=N)cn2)cc1. The number of sulfonamides is 1. The van der Waals surface area contributed by atoms with Crippen LogP contribution in [0.1, 0.15) is 11.1 Å². The molecule has 1 aromatic heterocycles. The summed E-state index contributed by atoms with van der Waals surface area (Å²) in [5.74, 6) is 2.46. The Labute approximate surface area is 124 Å². The van der Waals surface area contributed by atoms with Crippen molar-refractivity contribution in [2.75, 3.05) is 11.4 Å². The molecule has 1 N–H and O–H groups in total. The first-order valence-electron chi connectivity index (χ1n) is 6.22. The molecule has 0 spiro atoms. The molecule has 1 aromatic carbocycles. The molecule has 0 saturated carbocycles. The van der Waals surface area contributed by atoms with E-state index in [1.54, 1.807) is 36.4 Å². The molecule has 21 heavy (non-hydrogen) atoms. The van der Waals surface area contributed by atoms with E-state index >= 15 is 0 Å². The molecule has 0 amide bonds. The van der Waals surface area contributed by atoms with Gasteiger partial charge in [-0.1, -0.05) is 17.7 Å². The lowest BCUT2D eigenvalue weighted by molar-refractivity contribution is 0.594. The Bertz CT molecular complexity index is 775. The summed E-state index contributed by atoms with van der Waals surface area (Å²) in [6, 6.07) is 9.94. The molecule has 0 fully saturated rings. The lowest BCUT2D eigenvalue weighted by atomic mass is 10.2. The smallest absolute Gasteiger partial charge is 0.259 e.